The molecule has 0 aromatic carbocycles. The number of hydrogen-bond acceptors (Lipinski definition) is 3. The molecule has 0 aliphatic heterocycles. The fourth-order valence-corrected chi connectivity index (χ4v) is 1.46. The van der Waals surface area contributed by atoms with Crippen molar-refractivity contribution in [1.82, 2.24) is 4.90 Å². The Kier molecular flexibility index (Phi) is 7.54. The maximum absolute atomic E-state index is 11.8. The van der Waals surface area contributed by atoms with Crippen LogP contribution in [0, 0.1) is 5.92 Å². The molecule has 0 aromatic rings. The van der Waals surface area contributed by atoms with Gasteiger partial charge in [-0.2, -0.15) is 0 Å². The zero-order valence-corrected chi connectivity index (χ0v) is 10.2. The molecule has 16 heavy (non-hydrogen) atoms. The molecule has 0 aromatic heterocycles. The molecule has 0 unspecified atom stereocenters. The highest BCUT2D eigenvalue weighted by molar-refractivity contribution is 5.83. The van der Waals surface area contributed by atoms with Gasteiger partial charge in [-0.05, 0) is 25.3 Å². The van der Waals surface area contributed by atoms with Gasteiger partial charge < -0.3 is 16.4 Å². The quantitative estimate of drug-likeness (QED) is 0.578. The highest BCUT2D eigenvalue weighted by Gasteiger charge is 2.16. The average Bonchev–Trinajstić information content (AvgIpc) is 2.15. The van der Waals surface area contributed by atoms with E-state index in [2.05, 4.69) is 0 Å². The van der Waals surface area contributed by atoms with E-state index in [0.29, 0.717) is 25.4 Å². The van der Waals surface area contributed by atoms with Gasteiger partial charge in [-0.1, -0.05) is 13.8 Å². The summed E-state index contributed by atoms with van der Waals surface area (Å²) in [6.07, 6.45) is 2.04. The number of carbonyl (C=O) groups is 2. The molecule has 0 spiro atoms. The lowest BCUT2D eigenvalue weighted by Crippen LogP contribution is -2.40. The van der Waals surface area contributed by atoms with Crippen LogP contribution in [0.25, 0.3) is 0 Å². The smallest absolute Gasteiger partial charge is 0.237 e. The molecule has 94 valence electrons. The Balaban J connectivity index is 4.15. The van der Waals surface area contributed by atoms with Gasteiger partial charge in [0.15, 0.2) is 0 Å². The van der Waals surface area contributed by atoms with Crippen LogP contribution in [0.4, 0.5) is 0 Å². The zero-order valence-electron chi connectivity index (χ0n) is 10.2. The molecule has 0 saturated heterocycles. The first-order valence-corrected chi connectivity index (χ1v) is 5.73. The summed E-state index contributed by atoms with van der Waals surface area (Å²) >= 11 is 0. The Hall–Kier alpha value is -1.10. The van der Waals surface area contributed by atoms with Gasteiger partial charge in [0.1, 0.15) is 0 Å². The number of rotatable bonds is 8. The van der Waals surface area contributed by atoms with E-state index in [-0.39, 0.29) is 12.5 Å². The highest BCUT2D eigenvalue weighted by atomic mass is 16.2. The second-order valence-corrected chi connectivity index (χ2v) is 4.38. The normalized spacial score (nSPS) is 10.5. The zero-order chi connectivity index (χ0) is 12.6. The number of hydrogen-bond donors (Lipinski definition) is 2. The molecule has 0 aliphatic rings. The molecule has 0 aliphatic carbocycles. The van der Waals surface area contributed by atoms with Crippen LogP contribution in [0.5, 0.6) is 0 Å². The fraction of sp³-hybridized carbons (Fsp3) is 0.818. The van der Waals surface area contributed by atoms with Crippen LogP contribution in [0.1, 0.15) is 33.1 Å². The molecule has 2 amide bonds. The van der Waals surface area contributed by atoms with Crippen LogP contribution >= 0.6 is 0 Å². The Morgan fingerprint density at radius 3 is 2.31 bits per heavy atom. The maximum Gasteiger partial charge on any atom is 0.237 e. The number of unbranched alkanes of at least 4 members (excludes halogenated alkanes) is 1. The van der Waals surface area contributed by atoms with E-state index in [1.54, 1.807) is 0 Å². The lowest BCUT2D eigenvalue weighted by Gasteiger charge is -2.23. The molecule has 0 saturated carbocycles. The molecule has 0 heterocycles. The van der Waals surface area contributed by atoms with Crippen molar-refractivity contribution in [2.75, 3.05) is 19.6 Å². The third-order valence-corrected chi connectivity index (χ3v) is 2.13. The van der Waals surface area contributed by atoms with Gasteiger partial charge in [-0.15, -0.1) is 0 Å². The molecule has 0 bridgehead atoms. The molecule has 5 heteroatoms. The van der Waals surface area contributed by atoms with Crippen LogP contribution in [-0.4, -0.2) is 36.3 Å². The Bertz CT molecular complexity index is 229. The van der Waals surface area contributed by atoms with E-state index in [4.69, 9.17) is 11.5 Å². The highest BCUT2D eigenvalue weighted by Crippen LogP contribution is 2.04. The number of nitrogens with zero attached hydrogens (tertiary/aromatic N) is 1. The van der Waals surface area contributed by atoms with E-state index in [1.165, 1.54) is 4.90 Å². The Morgan fingerprint density at radius 1 is 1.25 bits per heavy atom. The monoisotopic (exact) mass is 229 g/mol. The van der Waals surface area contributed by atoms with E-state index < -0.39 is 5.91 Å². The first kappa shape index (κ1) is 14.9. The summed E-state index contributed by atoms with van der Waals surface area (Å²) in [4.78, 5) is 24.1. The minimum Gasteiger partial charge on any atom is -0.368 e. The van der Waals surface area contributed by atoms with Crippen molar-refractivity contribution >= 4 is 11.8 Å². The molecule has 0 radical (unpaired) electrons. The van der Waals surface area contributed by atoms with E-state index in [1.807, 2.05) is 13.8 Å². The van der Waals surface area contributed by atoms with Gasteiger partial charge in [0.25, 0.3) is 0 Å². The summed E-state index contributed by atoms with van der Waals surface area (Å²) in [7, 11) is 0. The summed E-state index contributed by atoms with van der Waals surface area (Å²) in [6.45, 7) is 5.18. The van der Waals surface area contributed by atoms with Crippen molar-refractivity contribution in [3.63, 3.8) is 0 Å². The molecular formula is C11H23N3O2. The van der Waals surface area contributed by atoms with Crippen molar-refractivity contribution < 1.29 is 9.59 Å². The molecule has 0 atom stereocenters. The van der Waals surface area contributed by atoms with Crippen molar-refractivity contribution in [3.05, 3.63) is 0 Å². The Labute approximate surface area is 97.2 Å². The average molecular weight is 229 g/mol. The number of primary amides is 1. The number of amides is 2. The minimum atomic E-state index is -0.465. The van der Waals surface area contributed by atoms with Gasteiger partial charge in [0.2, 0.25) is 11.8 Å². The third kappa shape index (κ3) is 7.23. The topological polar surface area (TPSA) is 89.4 Å². The summed E-state index contributed by atoms with van der Waals surface area (Å²) in [6, 6.07) is 0. The first-order chi connectivity index (χ1) is 7.47. The minimum absolute atomic E-state index is 0.0130. The van der Waals surface area contributed by atoms with Gasteiger partial charge in [0, 0.05) is 13.0 Å². The van der Waals surface area contributed by atoms with Crippen LogP contribution in [0.3, 0.4) is 0 Å². The van der Waals surface area contributed by atoms with E-state index >= 15 is 0 Å². The fourth-order valence-electron chi connectivity index (χ4n) is 1.46. The largest absolute Gasteiger partial charge is 0.368 e. The predicted octanol–water partition coefficient (Wildman–Crippen LogP) is 0.0853. The lowest BCUT2D eigenvalue weighted by molar-refractivity contribution is -0.135. The molecular weight excluding hydrogens is 206 g/mol. The lowest BCUT2D eigenvalue weighted by atomic mass is 10.1. The summed E-state index contributed by atoms with van der Waals surface area (Å²) < 4.78 is 0. The van der Waals surface area contributed by atoms with Gasteiger partial charge in [-0.3, -0.25) is 9.59 Å². The second kappa shape index (κ2) is 8.10. The molecule has 4 N–H and O–H groups in total. The number of carbonyl (C=O) groups excluding carboxylic acids is 2. The van der Waals surface area contributed by atoms with Gasteiger partial charge >= 0.3 is 0 Å². The number of nitrogens with two attached hydrogens (primary N) is 2. The second-order valence-electron chi connectivity index (χ2n) is 4.38. The van der Waals surface area contributed by atoms with E-state index in [0.717, 1.165) is 12.8 Å². The van der Waals surface area contributed by atoms with Crippen molar-refractivity contribution in [2.24, 2.45) is 17.4 Å². The summed E-state index contributed by atoms with van der Waals surface area (Å²) in [5.41, 5.74) is 10.5. The summed E-state index contributed by atoms with van der Waals surface area (Å²) in [5.74, 6) is -0.147. The first-order valence-electron chi connectivity index (χ1n) is 5.73. The standard InChI is InChI=1S/C11H23N3O2/c1-9(2)7-14(8-10(13)15)11(16)5-3-4-6-12/h9H,3-8,12H2,1-2H3,(H2,13,15). The molecule has 0 fully saturated rings. The van der Waals surface area contributed by atoms with Crippen molar-refractivity contribution in [2.45, 2.75) is 33.1 Å². The van der Waals surface area contributed by atoms with Gasteiger partial charge in [0.05, 0.1) is 6.54 Å². The van der Waals surface area contributed by atoms with Crippen molar-refractivity contribution in [1.29, 1.82) is 0 Å². The van der Waals surface area contributed by atoms with Crippen LogP contribution < -0.4 is 11.5 Å². The van der Waals surface area contributed by atoms with E-state index in [9.17, 15) is 9.59 Å². The predicted molar refractivity (Wildman–Crippen MR) is 63.5 cm³/mol. The van der Waals surface area contributed by atoms with Crippen LogP contribution in [0.2, 0.25) is 0 Å². The maximum atomic E-state index is 11.8. The SMILES string of the molecule is CC(C)CN(CC(N)=O)C(=O)CCCCN. The van der Waals surface area contributed by atoms with Crippen LogP contribution in [0.15, 0.2) is 0 Å². The van der Waals surface area contributed by atoms with Crippen LogP contribution in [-0.2, 0) is 9.59 Å². The molecule has 5 nitrogen and oxygen atoms in total. The van der Waals surface area contributed by atoms with Crippen molar-refractivity contribution in [3.8, 4) is 0 Å². The third-order valence-electron chi connectivity index (χ3n) is 2.13. The Morgan fingerprint density at radius 2 is 1.88 bits per heavy atom. The summed E-state index contributed by atoms with van der Waals surface area (Å²) in [5, 5.41) is 0. The van der Waals surface area contributed by atoms with Gasteiger partial charge in [-0.25, -0.2) is 0 Å². The molecule has 0 rings (SSSR count).